The van der Waals surface area contributed by atoms with Gasteiger partial charge in [0.2, 0.25) is 0 Å². The Kier molecular flexibility index (Phi) is 3.53. The number of benzene rings is 1. The molecule has 3 heteroatoms. The number of ether oxygens (including phenoxy) is 1. The number of methoxy groups -OCH3 is 1. The lowest BCUT2D eigenvalue weighted by atomic mass is 10.2. The quantitative estimate of drug-likeness (QED) is 0.549. The van der Waals surface area contributed by atoms with Gasteiger partial charge in [-0.2, -0.15) is 0 Å². The zero-order chi connectivity index (χ0) is 9.68. The maximum Gasteiger partial charge on any atom is 0.144 e. The molecule has 0 aliphatic carbocycles. The molecule has 0 aromatic heterocycles. The molecule has 0 fully saturated rings. The van der Waals surface area contributed by atoms with Crippen molar-refractivity contribution in [2.24, 2.45) is 0 Å². The fourth-order valence-electron chi connectivity index (χ4n) is 0.928. The van der Waals surface area contributed by atoms with Crippen LogP contribution in [-0.2, 0) is 4.79 Å². The molecule has 1 aromatic carbocycles. The zero-order valence-corrected chi connectivity index (χ0v) is 7.91. The van der Waals surface area contributed by atoms with Crippen LogP contribution in [0.3, 0.4) is 0 Å². The molecule has 1 aromatic rings. The Balaban J connectivity index is 3.01. The van der Waals surface area contributed by atoms with Gasteiger partial charge in [0, 0.05) is 0 Å². The first-order valence-electron chi connectivity index (χ1n) is 3.73. The van der Waals surface area contributed by atoms with Crippen molar-refractivity contribution >= 4 is 22.9 Å². The number of aldehydes is 1. The first-order valence-corrected chi connectivity index (χ1v) is 4.11. The molecular weight excluding hydrogens is 188 g/mol. The summed E-state index contributed by atoms with van der Waals surface area (Å²) < 4.78 is 5.01. The lowest BCUT2D eigenvalue weighted by Crippen LogP contribution is -1.84. The molecule has 0 N–H and O–H groups in total. The predicted molar refractivity (Wildman–Crippen MR) is 52.9 cm³/mol. The largest absolute Gasteiger partial charge is 0.497 e. The molecule has 1 rings (SSSR count). The number of carbonyl (C=O) groups excluding carboxylic acids is 1. The molecule has 0 saturated heterocycles. The number of allylic oxidation sites excluding steroid dienone is 1. The lowest BCUT2D eigenvalue weighted by molar-refractivity contribution is -0.104. The SMILES string of the molecule is COc1cccc(/C(Cl)=C/C=O)c1. The highest BCUT2D eigenvalue weighted by Crippen LogP contribution is 2.22. The van der Waals surface area contributed by atoms with Gasteiger partial charge in [-0.15, -0.1) is 0 Å². The summed E-state index contributed by atoms with van der Waals surface area (Å²) in [4.78, 5) is 10.2. The second-order valence-corrected chi connectivity index (χ2v) is 2.79. The van der Waals surface area contributed by atoms with Crippen LogP contribution in [0.25, 0.3) is 5.03 Å². The Morgan fingerprint density at radius 1 is 1.54 bits per heavy atom. The van der Waals surface area contributed by atoms with Crippen LogP contribution in [-0.4, -0.2) is 13.4 Å². The predicted octanol–water partition coefficient (Wildman–Crippen LogP) is 2.47. The highest BCUT2D eigenvalue weighted by molar-refractivity contribution is 6.49. The van der Waals surface area contributed by atoms with Gasteiger partial charge in [0.05, 0.1) is 12.1 Å². The second kappa shape index (κ2) is 4.67. The number of hydrogen-bond donors (Lipinski definition) is 0. The summed E-state index contributed by atoms with van der Waals surface area (Å²) in [6.07, 6.45) is 1.96. The second-order valence-electron chi connectivity index (χ2n) is 2.38. The summed E-state index contributed by atoms with van der Waals surface area (Å²) in [5.74, 6) is 0.718. The summed E-state index contributed by atoms with van der Waals surface area (Å²) in [5.41, 5.74) is 0.771. The number of carbonyl (C=O) groups is 1. The molecule has 13 heavy (non-hydrogen) atoms. The smallest absolute Gasteiger partial charge is 0.144 e. The van der Waals surface area contributed by atoms with Gasteiger partial charge >= 0.3 is 0 Å². The van der Waals surface area contributed by atoms with Gasteiger partial charge in [0.1, 0.15) is 12.0 Å². The molecule has 0 amide bonds. The van der Waals surface area contributed by atoms with Crippen molar-refractivity contribution in [1.82, 2.24) is 0 Å². The molecule has 0 saturated carbocycles. The van der Waals surface area contributed by atoms with E-state index in [1.54, 1.807) is 13.2 Å². The van der Waals surface area contributed by atoms with Gasteiger partial charge in [-0.25, -0.2) is 0 Å². The molecule has 0 heterocycles. The van der Waals surface area contributed by atoms with E-state index >= 15 is 0 Å². The van der Waals surface area contributed by atoms with E-state index in [1.165, 1.54) is 6.08 Å². The van der Waals surface area contributed by atoms with E-state index in [2.05, 4.69) is 0 Å². The maximum absolute atomic E-state index is 10.2. The van der Waals surface area contributed by atoms with E-state index < -0.39 is 0 Å². The molecular formula is C10H9ClO2. The molecule has 0 atom stereocenters. The summed E-state index contributed by atoms with van der Waals surface area (Å²) in [6, 6.07) is 7.21. The zero-order valence-electron chi connectivity index (χ0n) is 7.16. The molecule has 0 unspecified atom stereocenters. The van der Waals surface area contributed by atoms with Crippen LogP contribution in [0.2, 0.25) is 0 Å². The molecule has 0 spiro atoms. The summed E-state index contributed by atoms with van der Waals surface area (Å²) in [5, 5.41) is 0.411. The average molecular weight is 197 g/mol. The van der Waals surface area contributed by atoms with Crippen molar-refractivity contribution in [2.45, 2.75) is 0 Å². The minimum Gasteiger partial charge on any atom is -0.497 e. The normalized spacial score (nSPS) is 11.1. The molecule has 0 aliphatic rings. The Morgan fingerprint density at radius 3 is 2.92 bits per heavy atom. The first kappa shape index (κ1) is 9.81. The highest BCUT2D eigenvalue weighted by Gasteiger charge is 1.98. The van der Waals surface area contributed by atoms with Crippen molar-refractivity contribution in [3.8, 4) is 5.75 Å². The van der Waals surface area contributed by atoms with Crippen LogP contribution < -0.4 is 4.74 Å². The van der Waals surface area contributed by atoms with Crippen molar-refractivity contribution in [1.29, 1.82) is 0 Å². The molecule has 0 aliphatic heterocycles. The Labute approximate surface area is 81.8 Å². The van der Waals surface area contributed by atoms with Crippen molar-refractivity contribution in [3.63, 3.8) is 0 Å². The van der Waals surface area contributed by atoms with E-state index in [0.717, 1.165) is 11.3 Å². The van der Waals surface area contributed by atoms with E-state index in [-0.39, 0.29) is 0 Å². The third kappa shape index (κ3) is 2.60. The van der Waals surface area contributed by atoms with E-state index in [9.17, 15) is 4.79 Å². The van der Waals surface area contributed by atoms with Gasteiger partial charge in [0.25, 0.3) is 0 Å². The van der Waals surface area contributed by atoms with Crippen LogP contribution in [0.4, 0.5) is 0 Å². The van der Waals surface area contributed by atoms with Crippen molar-refractivity contribution in [3.05, 3.63) is 35.9 Å². The minimum absolute atomic E-state index is 0.411. The molecule has 68 valence electrons. The van der Waals surface area contributed by atoms with Crippen LogP contribution >= 0.6 is 11.6 Å². The van der Waals surface area contributed by atoms with Crippen LogP contribution in [0.1, 0.15) is 5.56 Å². The van der Waals surface area contributed by atoms with Crippen molar-refractivity contribution < 1.29 is 9.53 Å². The molecule has 2 nitrogen and oxygen atoms in total. The standard InChI is InChI=1S/C10H9ClO2/c1-13-9-4-2-3-8(7-9)10(11)5-6-12/h2-7H,1H3/b10-5-. The molecule has 0 radical (unpaired) electrons. The van der Waals surface area contributed by atoms with Gasteiger partial charge in [-0.1, -0.05) is 23.7 Å². The van der Waals surface area contributed by atoms with E-state index in [0.29, 0.717) is 11.3 Å². The number of rotatable bonds is 3. The topological polar surface area (TPSA) is 26.3 Å². The van der Waals surface area contributed by atoms with Crippen LogP contribution in [0.5, 0.6) is 5.75 Å². The molecule has 0 bridgehead atoms. The van der Waals surface area contributed by atoms with Gasteiger partial charge in [-0.3, -0.25) is 4.79 Å². The highest BCUT2D eigenvalue weighted by atomic mass is 35.5. The fourth-order valence-corrected chi connectivity index (χ4v) is 1.10. The summed E-state index contributed by atoms with van der Waals surface area (Å²) in [7, 11) is 1.58. The minimum atomic E-state index is 0.411. The first-order chi connectivity index (χ1) is 6.27. The Hall–Kier alpha value is -1.28. The Morgan fingerprint density at radius 2 is 2.31 bits per heavy atom. The van der Waals surface area contributed by atoms with E-state index in [1.807, 2.05) is 18.2 Å². The van der Waals surface area contributed by atoms with Gasteiger partial charge in [0.15, 0.2) is 0 Å². The summed E-state index contributed by atoms with van der Waals surface area (Å²) >= 11 is 5.81. The number of hydrogen-bond acceptors (Lipinski definition) is 2. The van der Waals surface area contributed by atoms with E-state index in [4.69, 9.17) is 16.3 Å². The van der Waals surface area contributed by atoms with Crippen LogP contribution in [0, 0.1) is 0 Å². The summed E-state index contributed by atoms with van der Waals surface area (Å²) in [6.45, 7) is 0. The van der Waals surface area contributed by atoms with Gasteiger partial charge < -0.3 is 4.74 Å². The van der Waals surface area contributed by atoms with Crippen molar-refractivity contribution in [2.75, 3.05) is 7.11 Å². The lowest BCUT2D eigenvalue weighted by Gasteiger charge is -2.01. The maximum atomic E-state index is 10.2. The third-order valence-corrected chi connectivity index (χ3v) is 1.90. The van der Waals surface area contributed by atoms with Crippen LogP contribution in [0.15, 0.2) is 30.3 Å². The Bertz CT molecular complexity index is 331. The third-order valence-electron chi connectivity index (χ3n) is 1.56. The average Bonchev–Trinajstić information content (AvgIpc) is 2.18. The number of halogens is 1. The monoisotopic (exact) mass is 196 g/mol. The fraction of sp³-hybridized carbons (Fsp3) is 0.100. The van der Waals surface area contributed by atoms with Gasteiger partial charge in [-0.05, 0) is 23.8 Å².